The first-order valence-corrected chi connectivity index (χ1v) is 6.63. The number of aromatic nitrogens is 4. The van der Waals surface area contributed by atoms with Gasteiger partial charge >= 0.3 is 0 Å². The summed E-state index contributed by atoms with van der Waals surface area (Å²) in [6, 6.07) is 11.7. The number of aryl methyl sites for hydroxylation is 1. The number of pyridine rings is 1. The van der Waals surface area contributed by atoms with Crippen molar-refractivity contribution in [3.63, 3.8) is 0 Å². The molecule has 0 aliphatic carbocycles. The van der Waals surface area contributed by atoms with Crippen molar-refractivity contribution in [1.29, 1.82) is 0 Å². The molecule has 0 saturated heterocycles. The van der Waals surface area contributed by atoms with Crippen LogP contribution in [0.5, 0.6) is 0 Å². The van der Waals surface area contributed by atoms with E-state index in [9.17, 15) is 0 Å². The molecule has 0 spiro atoms. The van der Waals surface area contributed by atoms with Gasteiger partial charge in [0.15, 0.2) is 0 Å². The molecule has 5 nitrogen and oxygen atoms in total. The van der Waals surface area contributed by atoms with Gasteiger partial charge in [-0.25, -0.2) is 4.98 Å². The molecule has 3 rings (SSSR count). The van der Waals surface area contributed by atoms with E-state index in [4.69, 9.17) is 0 Å². The van der Waals surface area contributed by atoms with Crippen LogP contribution in [-0.4, -0.2) is 20.2 Å². The lowest BCUT2D eigenvalue weighted by molar-refractivity contribution is 0.933. The van der Waals surface area contributed by atoms with Crippen molar-refractivity contribution < 1.29 is 0 Å². The second-order valence-electron chi connectivity index (χ2n) is 4.44. The quantitative estimate of drug-likeness (QED) is 0.785. The third kappa shape index (κ3) is 2.56. The highest BCUT2D eigenvalue weighted by molar-refractivity contribution is 5.73. The maximum absolute atomic E-state index is 4.43. The third-order valence-corrected chi connectivity index (χ3v) is 3.14. The summed E-state index contributed by atoms with van der Waals surface area (Å²) in [7, 11) is 0. The average molecular weight is 265 g/mol. The molecule has 0 aliphatic rings. The van der Waals surface area contributed by atoms with E-state index < -0.39 is 0 Å². The minimum absolute atomic E-state index is 0.524. The Labute approximate surface area is 117 Å². The largest absolute Gasteiger partial charge is 0.347 e. The Morgan fingerprint density at radius 2 is 1.85 bits per heavy atom. The molecule has 0 radical (unpaired) electrons. The van der Waals surface area contributed by atoms with Crippen LogP contribution in [0.3, 0.4) is 0 Å². The van der Waals surface area contributed by atoms with Gasteiger partial charge in [0.25, 0.3) is 0 Å². The standard InChI is InChI=1S/C15H15N5/c1-2-11-6-5-9-16-14(11)10-17-15-18-12-7-3-4-8-13(12)19-20-15/h3-9H,2,10H2,1H3,(H,17,18,20). The van der Waals surface area contributed by atoms with Gasteiger partial charge in [0.05, 0.1) is 17.8 Å². The third-order valence-electron chi connectivity index (χ3n) is 3.14. The van der Waals surface area contributed by atoms with E-state index in [2.05, 4.69) is 38.5 Å². The Hall–Kier alpha value is -2.56. The highest BCUT2D eigenvalue weighted by atomic mass is 15.2. The minimum atomic E-state index is 0.524. The van der Waals surface area contributed by atoms with E-state index >= 15 is 0 Å². The number of rotatable bonds is 4. The average Bonchev–Trinajstić information content (AvgIpc) is 2.53. The Morgan fingerprint density at radius 1 is 1.00 bits per heavy atom. The molecule has 0 bridgehead atoms. The normalized spacial score (nSPS) is 10.7. The molecular formula is C15H15N5. The molecule has 0 atom stereocenters. The Balaban J connectivity index is 1.79. The topological polar surface area (TPSA) is 63.6 Å². The van der Waals surface area contributed by atoms with Crippen LogP contribution in [0.15, 0.2) is 42.6 Å². The van der Waals surface area contributed by atoms with E-state index in [0.29, 0.717) is 12.5 Å². The maximum atomic E-state index is 4.43. The number of nitrogens with zero attached hydrogens (tertiary/aromatic N) is 4. The molecule has 0 unspecified atom stereocenters. The first-order valence-electron chi connectivity index (χ1n) is 6.63. The lowest BCUT2D eigenvalue weighted by Crippen LogP contribution is -2.08. The lowest BCUT2D eigenvalue weighted by atomic mass is 10.1. The summed E-state index contributed by atoms with van der Waals surface area (Å²) in [5.41, 5.74) is 3.88. The van der Waals surface area contributed by atoms with Crippen molar-refractivity contribution in [2.24, 2.45) is 0 Å². The van der Waals surface area contributed by atoms with Crippen LogP contribution in [0.1, 0.15) is 18.2 Å². The monoisotopic (exact) mass is 265 g/mol. The van der Waals surface area contributed by atoms with Crippen LogP contribution in [-0.2, 0) is 13.0 Å². The molecule has 20 heavy (non-hydrogen) atoms. The highest BCUT2D eigenvalue weighted by Gasteiger charge is 2.04. The predicted molar refractivity (Wildman–Crippen MR) is 78.3 cm³/mol. The molecule has 2 heterocycles. The second-order valence-corrected chi connectivity index (χ2v) is 4.44. The number of fused-ring (bicyclic) bond motifs is 1. The van der Waals surface area contributed by atoms with Crippen LogP contribution >= 0.6 is 0 Å². The Bertz CT molecular complexity index is 726. The molecule has 1 N–H and O–H groups in total. The van der Waals surface area contributed by atoms with Gasteiger partial charge in [-0.05, 0) is 30.2 Å². The smallest absolute Gasteiger partial charge is 0.243 e. The van der Waals surface area contributed by atoms with Gasteiger partial charge in [-0.2, -0.15) is 0 Å². The summed E-state index contributed by atoms with van der Waals surface area (Å²) in [6.07, 6.45) is 2.76. The predicted octanol–water partition coefficient (Wildman–Crippen LogP) is 2.59. The zero-order chi connectivity index (χ0) is 13.8. The van der Waals surface area contributed by atoms with Gasteiger partial charge in [-0.1, -0.05) is 25.1 Å². The van der Waals surface area contributed by atoms with E-state index in [1.165, 1.54) is 5.56 Å². The van der Waals surface area contributed by atoms with E-state index in [1.54, 1.807) is 6.20 Å². The Kier molecular flexibility index (Phi) is 3.50. The first kappa shape index (κ1) is 12.5. The SMILES string of the molecule is CCc1cccnc1CNc1nnc2ccccc2n1. The minimum Gasteiger partial charge on any atom is -0.347 e. The fraction of sp³-hybridized carbons (Fsp3) is 0.200. The van der Waals surface area contributed by atoms with Crippen LogP contribution in [0.4, 0.5) is 5.95 Å². The summed E-state index contributed by atoms with van der Waals surface area (Å²) in [6.45, 7) is 2.72. The lowest BCUT2D eigenvalue weighted by Gasteiger charge is -2.07. The van der Waals surface area contributed by atoms with Crippen molar-refractivity contribution >= 4 is 17.0 Å². The fourth-order valence-electron chi connectivity index (χ4n) is 2.07. The van der Waals surface area contributed by atoms with Gasteiger partial charge in [-0.3, -0.25) is 4.98 Å². The van der Waals surface area contributed by atoms with Crippen LogP contribution in [0.25, 0.3) is 11.0 Å². The van der Waals surface area contributed by atoms with Gasteiger partial charge in [0, 0.05) is 6.20 Å². The number of para-hydroxylation sites is 1. The van der Waals surface area contributed by atoms with E-state index in [0.717, 1.165) is 23.1 Å². The molecule has 2 aromatic heterocycles. The van der Waals surface area contributed by atoms with Gasteiger partial charge in [0.1, 0.15) is 5.52 Å². The van der Waals surface area contributed by atoms with Gasteiger partial charge in [-0.15, -0.1) is 10.2 Å². The Morgan fingerprint density at radius 3 is 2.70 bits per heavy atom. The zero-order valence-electron chi connectivity index (χ0n) is 11.2. The summed E-state index contributed by atoms with van der Waals surface area (Å²) in [5.74, 6) is 0.524. The number of nitrogens with one attached hydrogen (secondary N) is 1. The van der Waals surface area contributed by atoms with Crippen LogP contribution < -0.4 is 5.32 Å². The van der Waals surface area contributed by atoms with E-state index in [-0.39, 0.29) is 0 Å². The van der Waals surface area contributed by atoms with Crippen molar-refractivity contribution in [1.82, 2.24) is 20.2 Å². The summed E-state index contributed by atoms with van der Waals surface area (Å²) < 4.78 is 0. The number of hydrogen-bond acceptors (Lipinski definition) is 5. The van der Waals surface area contributed by atoms with Crippen LogP contribution in [0.2, 0.25) is 0 Å². The zero-order valence-corrected chi connectivity index (χ0v) is 11.2. The van der Waals surface area contributed by atoms with Gasteiger partial charge in [0.2, 0.25) is 5.95 Å². The number of anilines is 1. The van der Waals surface area contributed by atoms with Crippen molar-refractivity contribution in [3.05, 3.63) is 53.9 Å². The fourth-order valence-corrected chi connectivity index (χ4v) is 2.07. The van der Waals surface area contributed by atoms with Crippen molar-refractivity contribution in [2.75, 3.05) is 5.32 Å². The molecule has 100 valence electrons. The molecule has 1 aromatic carbocycles. The maximum Gasteiger partial charge on any atom is 0.243 e. The first-order chi connectivity index (χ1) is 9.86. The van der Waals surface area contributed by atoms with Crippen molar-refractivity contribution in [3.8, 4) is 0 Å². The molecule has 3 aromatic rings. The molecule has 0 saturated carbocycles. The molecule has 5 heteroatoms. The molecular weight excluding hydrogens is 250 g/mol. The van der Waals surface area contributed by atoms with Crippen molar-refractivity contribution in [2.45, 2.75) is 19.9 Å². The number of hydrogen-bond donors (Lipinski definition) is 1. The molecule has 0 fully saturated rings. The summed E-state index contributed by atoms with van der Waals surface area (Å²) in [5, 5.41) is 11.4. The van der Waals surface area contributed by atoms with Gasteiger partial charge < -0.3 is 5.32 Å². The van der Waals surface area contributed by atoms with Crippen LogP contribution in [0, 0.1) is 0 Å². The van der Waals surface area contributed by atoms with E-state index in [1.807, 2.05) is 30.3 Å². The highest BCUT2D eigenvalue weighted by Crippen LogP contribution is 2.11. The second kappa shape index (κ2) is 5.61. The number of benzene rings is 1. The molecule has 0 aliphatic heterocycles. The molecule has 0 amide bonds. The summed E-state index contributed by atoms with van der Waals surface area (Å²) in [4.78, 5) is 8.82. The summed E-state index contributed by atoms with van der Waals surface area (Å²) >= 11 is 0.